The van der Waals surface area contributed by atoms with E-state index in [1.54, 1.807) is 23.6 Å². The fraction of sp³-hybridized carbons (Fsp3) is 0.391. The molecule has 4 nitrogen and oxygen atoms in total. The van der Waals surface area contributed by atoms with Gasteiger partial charge in [0.05, 0.1) is 0 Å². The van der Waals surface area contributed by atoms with Crippen LogP contribution in [0.4, 0.5) is 0 Å². The van der Waals surface area contributed by atoms with Crippen LogP contribution in [0.15, 0.2) is 53.4 Å². The SMILES string of the molecule is CCCNC(=O)C(C)N(Cc1ccccc1C)C(=O)CCSc1ccc(Cl)cc1. The minimum atomic E-state index is -0.519. The van der Waals surface area contributed by atoms with Gasteiger partial charge in [0.25, 0.3) is 0 Å². The Morgan fingerprint density at radius 1 is 1.14 bits per heavy atom. The molecule has 2 aromatic carbocycles. The first-order chi connectivity index (χ1) is 13.9. The predicted molar refractivity (Wildman–Crippen MR) is 121 cm³/mol. The van der Waals surface area contributed by atoms with Crippen LogP contribution < -0.4 is 5.32 Å². The molecule has 156 valence electrons. The topological polar surface area (TPSA) is 49.4 Å². The summed E-state index contributed by atoms with van der Waals surface area (Å²) in [6, 6.07) is 15.0. The van der Waals surface area contributed by atoms with Crippen molar-refractivity contribution in [3.63, 3.8) is 0 Å². The maximum absolute atomic E-state index is 13.0. The first kappa shape index (κ1) is 23.3. The number of nitrogens with one attached hydrogen (secondary N) is 1. The molecule has 0 saturated carbocycles. The Morgan fingerprint density at radius 2 is 1.83 bits per heavy atom. The van der Waals surface area contributed by atoms with Gasteiger partial charge < -0.3 is 10.2 Å². The highest BCUT2D eigenvalue weighted by Crippen LogP contribution is 2.22. The third-order valence-electron chi connectivity index (χ3n) is 4.72. The Bertz CT molecular complexity index is 811. The third kappa shape index (κ3) is 7.41. The average molecular weight is 433 g/mol. The minimum Gasteiger partial charge on any atom is -0.354 e. The molecule has 0 bridgehead atoms. The summed E-state index contributed by atoms with van der Waals surface area (Å²) in [5, 5.41) is 3.60. The summed E-state index contributed by atoms with van der Waals surface area (Å²) >= 11 is 7.53. The number of amides is 2. The number of carbonyl (C=O) groups is 2. The second-order valence-corrected chi connectivity index (χ2v) is 8.57. The lowest BCUT2D eigenvalue weighted by Gasteiger charge is -2.29. The van der Waals surface area contributed by atoms with Gasteiger partial charge in [0.15, 0.2) is 0 Å². The summed E-state index contributed by atoms with van der Waals surface area (Å²) in [7, 11) is 0. The smallest absolute Gasteiger partial charge is 0.242 e. The minimum absolute atomic E-state index is 0.0196. The zero-order valence-corrected chi connectivity index (χ0v) is 18.9. The summed E-state index contributed by atoms with van der Waals surface area (Å²) in [5.74, 6) is 0.515. The lowest BCUT2D eigenvalue weighted by atomic mass is 10.1. The molecule has 2 aromatic rings. The number of aryl methyl sites for hydroxylation is 1. The van der Waals surface area contributed by atoms with Gasteiger partial charge in [-0.15, -0.1) is 11.8 Å². The molecule has 0 radical (unpaired) electrons. The van der Waals surface area contributed by atoms with Crippen LogP contribution in [-0.4, -0.2) is 35.1 Å². The molecule has 29 heavy (non-hydrogen) atoms. The number of hydrogen-bond donors (Lipinski definition) is 1. The van der Waals surface area contributed by atoms with Crippen molar-refractivity contribution in [3.05, 3.63) is 64.7 Å². The van der Waals surface area contributed by atoms with Gasteiger partial charge >= 0.3 is 0 Å². The molecule has 1 atom stereocenters. The highest BCUT2D eigenvalue weighted by atomic mass is 35.5. The van der Waals surface area contributed by atoms with Crippen LogP contribution >= 0.6 is 23.4 Å². The van der Waals surface area contributed by atoms with Crippen molar-refractivity contribution in [1.29, 1.82) is 0 Å². The fourth-order valence-corrected chi connectivity index (χ4v) is 3.85. The van der Waals surface area contributed by atoms with E-state index in [0.29, 0.717) is 30.3 Å². The number of halogens is 1. The van der Waals surface area contributed by atoms with Gasteiger partial charge in [-0.1, -0.05) is 42.8 Å². The van der Waals surface area contributed by atoms with Crippen molar-refractivity contribution >= 4 is 35.2 Å². The third-order valence-corrected chi connectivity index (χ3v) is 5.98. The Hall–Kier alpha value is -1.98. The van der Waals surface area contributed by atoms with Crippen LogP contribution in [0, 0.1) is 6.92 Å². The summed E-state index contributed by atoms with van der Waals surface area (Å²) < 4.78 is 0. The largest absolute Gasteiger partial charge is 0.354 e. The second kappa shape index (κ2) is 11.9. The van der Waals surface area contributed by atoms with Crippen molar-refractivity contribution in [3.8, 4) is 0 Å². The van der Waals surface area contributed by atoms with E-state index in [1.807, 2.05) is 62.4 Å². The van der Waals surface area contributed by atoms with Gasteiger partial charge in [-0.05, 0) is 55.7 Å². The van der Waals surface area contributed by atoms with Crippen molar-refractivity contribution in [2.75, 3.05) is 12.3 Å². The fourth-order valence-electron chi connectivity index (χ4n) is 2.88. The van der Waals surface area contributed by atoms with E-state index in [2.05, 4.69) is 5.32 Å². The van der Waals surface area contributed by atoms with Crippen LogP contribution in [0.3, 0.4) is 0 Å². The van der Waals surface area contributed by atoms with E-state index in [-0.39, 0.29) is 11.8 Å². The normalized spacial score (nSPS) is 11.7. The Kier molecular flexibility index (Phi) is 9.55. The Morgan fingerprint density at radius 3 is 2.48 bits per heavy atom. The van der Waals surface area contributed by atoms with Gasteiger partial charge in [-0.25, -0.2) is 0 Å². The van der Waals surface area contributed by atoms with E-state index in [1.165, 1.54) is 0 Å². The Labute approximate surface area is 183 Å². The summed E-state index contributed by atoms with van der Waals surface area (Å²) in [6.07, 6.45) is 1.23. The molecule has 6 heteroatoms. The molecule has 2 amide bonds. The average Bonchev–Trinajstić information content (AvgIpc) is 2.72. The highest BCUT2D eigenvalue weighted by Gasteiger charge is 2.26. The van der Waals surface area contributed by atoms with Crippen LogP contribution in [0.2, 0.25) is 5.02 Å². The number of carbonyl (C=O) groups excluding carboxylic acids is 2. The standard InChI is InChI=1S/C23H29ClN2O2S/c1-4-14-25-23(28)18(3)26(16-19-8-6-5-7-17(19)2)22(27)13-15-29-21-11-9-20(24)10-12-21/h5-12,18H,4,13-16H2,1-3H3,(H,25,28). The van der Waals surface area contributed by atoms with Crippen molar-refractivity contribution in [2.24, 2.45) is 0 Å². The van der Waals surface area contributed by atoms with E-state index >= 15 is 0 Å². The maximum atomic E-state index is 13.0. The first-order valence-corrected chi connectivity index (χ1v) is 11.3. The number of thioether (sulfide) groups is 1. The summed E-state index contributed by atoms with van der Waals surface area (Å²) in [5.41, 5.74) is 2.17. The van der Waals surface area contributed by atoms with E-state index in [4.69, 9.17) is 11.6 Å². The van der Waals surface area contributed by atoms with Crippen molar-refractivity contribution in [2.45, 2.75) is 51.1 Å². The predicted octanol–water partition coefficient (Wildman–Crippen LogP) is 5.07. The lowest BCUT2D eigenvalue weighted by molar-refractivity contribution is -0.140. The molecule has 2 rings (SSSR count). The number of benzene rings is 2. The molecule has 1 N–H and O–H groups in total. The van der Waals surface area contributed by atoms with Crippen LogP contribution in [0.1, 0.15) is 37.8 Å². The molecule has 0 saturated heterocycles. The van der Waals surface area contributed by atoms with Gasteiger partial charge in [0.2, 0.25) is 11.8 Å². The number of hydrogen-bond acceptors (Lipinski definition) is 3. The highest BCUT2D eigenvalue weighted by molar-refractivity contribution is 7.99. The van der Waals surface area contributed by atoms with Crippen LogP contribution in [-0.2, 0) is 16.1 Å². The van der Waals surface area contributed by atoms with Crippen LogP contribution in [0.5, 0.6) is 0 Å². The van der Waals surface area contributed by atoms with E-state index < -0.39 is 6.04 Å². The monoisotopic (exact) mass is 432 g/mol. The molecule has 0 aliphatic carbocycles. The molecule has 0 fully saturated rings. The quantitative estimate of drug-likeness (QED) is 0.533. The maximum Gasteiger partial charge on any atom is 0.242 e. The molecule has 0 aliphatic heterocycles. The number of rotatable bonds is 10. The van der Waals surface area contributed by atoms with Crippen molar-refractivity contribution in [1.82, 2.24) is 10.2 Å². The zero-order chi connectivity index (χ0) is 21.2. The van der Waals surface area contributed by atoms with Gasteiger partial charge in [0, 0.05) is 35.2 Å². The second-order valence-electron chi connectivity index (χ2n) is 6.97. The number of nitrogens with zero attached hydrogens (tertiary/aromatic N) is 1. The van der Waals surface area contributed by atoms with E-state index in [0.717, 1.165) is 22.4 Å². The molecular formula is C23H29ClN2O2S. The van der Waals surface area contributed by atoms with Gasteiger partial charge in [0.1, 0.15) is 6.04 Å². The summed E-state index contributed by atoms with van der Waals surface area (Å²) in [6.45, 7) is 6.87. The van der Waals surface area contributed by atoms with Crippen molar-refractivity contribution < 1.29 is 9.59 Å². The van der Waals surface area contributed by atoms with Gasteiger partial charge in [-0.2, -0.15) is 0 Å². The summed E-state index contributed by atoms with van der Waals surface area (Å²) in [4.78, 5) is 28.3. The molecular weight excluding hydrogens is 404 g/mol. The Balaban J connectivity index is 2.05. The molecule has 1 unspecified atom stereocenters. The first-order valence-electron chi connectivity index (χ1n) is 9.92. The molecule has 0 aromatic heterocycles. The zero-order valence-electron chi connectivity index (χ0n) is 17.3. The van der Waals surface area contributed by atoms with Crippen LogP contribution in [0.25, 0.3) is 0 Å². The molecule has 0 heterocycles. The lowest BCUT2D eigenvalue weighted by Crippen LogP contribution is -2.47. The molecule has 0 spiro atoms. The van der Waals surface area contributed by atoms with Gasteiger partial charge in [-0.3, -0.25) is 9.59 Å². The molecule has 0 aliphatic rings. The van der Waals surface area contributed by atoms with E-state index in [9.17, 15) is 9.59 Å².